The number of rotatable bonds is 6. The lowest BCUT2D eigenvalue weighted by Gasteiger charge is -2.39. The van der Waals surface area contributed by atoms with E-state index in [1.54, 1.807) is 23.1 Å². The lowest BCUT2D eigenvalue weighted by molar-refractivity contribution is -0.155. The lowest BCUT2D eigenvalue weighted by atomic mass is 9.80. The first-order valence-corrected chi connectivity index (χ1v) is 7.71. The van der Waals surface area contributed by atoms with Gasteiger partial charge in [0.1, 0.15) is 16.9 Å². The maximum atomic E-state index is 12.9. The molecule has 132 valence electrons. The van der Waals surface area contributed by atoms with Crippen molar-refractivity contribution in [1.82, 2.24) is 4.90 Å². The maximum absolute atomic E-state index is 12.9. The van der Waals surface area contributed by atoms with Crippen molar-refractivity contribution >= 4 is 11.9 Å². The number of amides is 1. The van der Waals surface area contributed by atoms with Crippen LogP contribution in [0.4, 0.5) is 0 Å². The van der Waals surface area contributed by atoms with Crippen LogP contribution in [0.3, 0.4) is 0 Å². The van der Waals surface area contributed by atoms with Gasteiger partial charge in [-0.15, -0.1) is 0 Å². The van der Waals surface area contributed by atoms with Gasteiger partial charge in [-0.25, -0.2) is 0 Å². The second kappa shape index (κ2) is 7.53. The van der Waals surface area contributed by atoms with Crippen LogP contribution in [0.1, 0.15) is 23.2 Å². The number of piperidine rings is 1. The first-order valence-electron chi connectivity index (χ1n) is 7.71. The molecule has 0 aliphatic carbocycles. The van der Waals surface area contributed by atoms with Crippen molar-refractivity contribution in [2.24, 2.45) is 5.41 Å². The molecule has 1 heterocycles. The quantitative estimate of drug-likeness (QED) is 0.850. The lowest BCUT2D eigenvalue weighted by Crippen LogP contribution is -2.52. The number of carboxylic acid groups (broad SMARTS) is 1. The van der Waals surface area contributed by atoms with Gasteiger partial charge in [-0.3, -0.25) is 9.59 Å². The molecule has 1 aliphatic heterocycles. The largest absolute Gasteiger partial charge is 0.497 e. The second-order valence-corrected chi connectivity index (χ2v) is 5.91. The number of likely N-dealkylation sites (tertiary alicyclic amines) is 1. The molecule has 1 aromatic carbocycles. The molecule has 1 atom stereocenters. The molecule has 7 heteroatoms. The molecule has 0 saturated carbocycles. The fraction of sp³-hybridized carbons (Fsp3) is 0.529. The van der Waals surface area contributed by atoms with Crippen LogP contribution in [-0.2, 0) is 9.53 Å². The first-order chi connectivity index (χ1) is 11.5. The zero-order valence-corrected chi connectivity index (χ0v) is 14.2. The number of hydrogen-bond acceptors (Lipinski definition) is 5. The molecule has 0 spiro atoms. The molecule has 1 saturated heterocycles. The zero-order valence-electron chi connectivity index (χ0n) is 14.2. The number of hydrogen-bond donors (Lipinski definition) is 1. The third-order valence-corrected chi connectivity index (χ3v) is 4.38. The van der Waals surface area contributed by atoms with E-state index in [0.717, 1.165) is 0 Å². The highest BCUT2D eigenvalue weighted by Crippen LogP contribution is 2.33. The molecule has 1 N–H and O–H groups in total. The van der Waals surface area contributed by atoms with Gasteiger partial charge < -0.3 is 24.2 Å². The summed E-state index contributed by atoms with van der Waals surface area (Å²) in [5.41, 5.74) is -0.718. The van der Waals surface area contributed by atoms with Crippen LogP contribution in [0, 0.1) is 5.41 Å². The third-order valence-electron chi connectivity index (χ3n) is 4.38. The summed E-state index contributed by atoms with van der Waals surface area (Å²) in [4.78, 5) is 26.2. The number of methoxy groups -OCH3 is 3. The van der Waals surface area contributed by atoms with Crippen LogP contribution < -0.4 is 9.47 Å². The first kappa shape index (κ1) is 18.1. The molecule has 24 heavy (non-hydrogen) atoms. The summed E-state index contributed by atoms with van der Waals surface area (Å²) in [7, 11) is 4.48. The van der Waals surface area contributed by atoms with Crippen molar-refractivity contribution in [3.8, 4) is 11.5 Å². The Bertz CT molecular complexity index is 613. The average molecular weight is 337 g/mol. The molecule has 1 fully saturated rings. The molecular weight excluding hydrogens is 314 g/mol. The molecule has 1 unspecified atom stereocenters. The Labute approximate surface area is 141 Å². The molecule has 0 radical (unpaired) electrons. The highest BCUT2D eigenvalue weighted by molar-refractivity contribution is 5.97. The minimum atomic E-state index is -1.07. The molecular formula is C17H23NO6. The van der Waals surface area contributed by atoms with E-state index in [2.05, 4.69) is 0 Å². The van der Waals surface area contributed by atoms with E-state index in [9.17, 15) is 14.7 Å². The maximum Gasteiger partial charge on any atom is 0.313 e. The summed E-state index contributed by atoms with van der Waals surface area (Å²) in [5.74, 6) is -0.247. The molecule has 7 nitrogen and oxygen atoms in total. The van der Waals surface area contributed by atoms with Gasteiger partial charge in [0.15, 0.2) is 0 Å². The summed E-state index contributed by atoms with van der Waals surface area (Å²) in [6.07, 6.45) is 1.09. The van der Waals surface area contributed by atoms with E-state index >= 15 is 0 Å². The average Bonchev–Trinajstić information content (AvgIpc) is 2.60. The van der Waals surface area contributed by atoms with Gasteiger partial charge in [-0.1, -0.05) is 0 Å². The normalized spacial score (nSPS) is 20.5. The number of carbonyl (C=O) groups is 2. The minimum absolute atomic E-state index is 0.0708. The van der Waals surface area contributed by atoms with Crippen LogP contribution in [-0.4, -0.2) is 62.9 Å². The van der Waals surface area contributed by atoms with E-state index in [4.69, 9.17) is 14.2 Å². The fourth-order valence-electron chi connectivity index (χ4n) is 3.09. The van der Waals surface area contributed by atoms with Gasteiger partial charge in [0.2, 0.25) is 0 Å². The van der Waals surface area contributed by atoms with Gasteiger partial charge in [-0.2, -0.15) is 0 Å². The number of ether oxygens (including phenoxy) is 3. The van der Waals surface area contributed by atoms with Crippen LogP contribution >= 0.6 is 0 Å². The standard InChI is InChI=1S/C17H23NO6/c1-22-11-17(16(20)21)7-4-8-18(10-17)15(19)13-9-12(23-2)5-6-14(13)24-3/h5-6,9H,4,7-8,10-11H2,1-3H3,(H,20,21). The molecule has 0 aromatic heterocycles. The van der Waals surface area contributed by atoms with Crippen molar-refractivity contribution in [3.05, 3.63) is 23.8 Å². The Morgan fingerprint density at radius 3 is 2.58 bits per heavy atom. The van der Waals surface area contributed by atoms with E-state index in [1.165, 1.54) is 21.3 Å². The minimum Gasteiger partial charge on any atom is -0.497 e. The van der Waals surface area contributed by atoms with Crippen LogP contribution in [0.25, 0.3) is 0 Å². The molecule has 2 rings (SSSR count). The van der Waals surface area contributed by atoms with Crippen molar-refractivity contribution in [2.75, 3.05) is 41.0 Å². The summed E-state index contributed by atoms with van der Waals surface area (Å²) < 4.78 is 15.5. The monoisotopic (exact) mass is 337 g/mol. The van der Waals surface area contributed by atoms with Gasteiger partial charge in [0.05, 0.1) is 26.4 Å². The summed E-state index contributed by atoms with van der Waals surface area (Å²) >= 11 is 0. The van der Waals surface area contributed by atoms with Gasteiger partial charge in [0.25, 0.3) is 5.91 Å². The van der Waals surface area contributed by atoms with E-state index in [1.807, 2.05) is 0 Å². The number of benzene rings is 1. The summed E-state index contributed by atoms with van der Waals surface area (Å²) in [5, 5.41) is 9.61. The van der Waals surface area contributed by atoms with Gasteiger partial charge in [-0.05, 0) is 31.0 Å². The predicted octanol–water partition coefficient (Wildman–Crippen LogP) is 1.66. The number of nitrogens with zero attached hydrogens (tertiary/aromatic N) is 1. The van der Waals surface area contributed by atoms with E-state index in [0.29, 0.717) is 36.4 Å². The van der Waals surface area contributed by atoms with Gasteiger partial charge >= 0.3 is 5.97 Å². The Hall–Kier alpha value is -2.28. The number of aliphatic carboxylic acids is 1. The Morgan fingerprint density at radius 2 is 2.00 bits per heavy atom. The molecule has 1 amide bonds. The van der Waals surface area contributed by atoms with Crippen LogP contribution in [0.5, 0.6) is 11.5 Å². The van der Waals surface area contributed by atoms with Crippen LogP contribution in [0.15, 0.2) is 18.2 Å². The molecule has 1 aromatic rings. The third kappa shape index (κ3) is 3.46. The zero-order chi connectivity index (χ0) is 17.7. The Kier molecular flexibility index (Phi) is 5.66. The van der Waals surface area contributed by atoms with Crippen molar-refractivity contribution in [2.45, 2.75) is 12.8 Å². The fourth-order valence-corrected chi connectivity index (χ4v) is 3.09. The summed E-state index contributed by atoms with van der Waals surface area (Å²) in [6, 6.07) is 4.97. The highest BCUT2D eigenvalue weighted by Gasteiger charge is 2.44. The number of carboxylic acids is 1. The summed E-state index contributed by atoms with van der Waals surface area (Å²) in [6.45, 7) is 0.675. The van der Waals surface area contributed by atoms with E-state index in [-0.39, 0.29) is 19.1 Å². The van der Waals surface area contributed by atoms with Crippen molar-refractivity contribution in [1.29, 1.82) is 0 Å². The topological polar surface area (TPSA) is 85.3 Å². The van der Waals surface area contributed by atoms with Crippen molar-refractivity contribution in [3.63, 3.8) is 0 Å². The molecule has 0 bridgehead atoms. The predicted molar refractivity (Wildman–Crippen MR) is 86.6 cm³/mol. The Balaban J connectivity index is 2.31. The SMILES string of the molecule is COCC1(C(=O)O)CCCN(C(=O)c2cc(OC)ccc2OC)C1. The molecule has 1 aliphatic rings. The second-order valence-electron chi connectivity index (χ2n) is 5.91. The van der Waals surface area contributed by atoms with Gasteiger partial charge in [0, 0.05) is 20.2 Å². The van der Waals surface area contributed by atoms with E-state index < -0.39 is 11.4 Å². The van der Waals surface area contributed by atoms with Crippen molar-refractivity contribution < 1.29 is 28.9 Å². The Morgan fingerprint density at radius 1 is 1.25 bits per heavy atom. The highest BCUT2D eigenvalue weighted by atomic mass is 16.5. The van der Waals surface area contributed by atoms with Crippen LogP contribution in [0.2, 0.25) is 0 Å². The smallest absolute Gasteiger partial charge is 0.313 e. The number of carbonyl (C=O) groups excluding carboxylic acids is 1.